The number of nitrogens with one attached hydrogen (secondary N) is 1. The van der Waals surface area contributed by atoms with Crippen LogP contribution in [-0.4, -0.2) is 48.0 Å². The first kappa shape index (κ1) is 16.8. The van der Waals surface area contributed by atoms with E-state index in [1.54, 1.807) is 0 Å². The fraction of sp³-hybridized carbons (Fsp3) is 0.308. The highest BCUT2D eigenvalue weighted by molar-refractivity contribution is 6.32. The molecule has 0 radical (unpaired) electrons. The highest BCUT2D eigenvalue weighted by atomic mass is 35.5. The number of carboxylic acids is 1. The smallest absolute Gasteiger partial charge is 0.341 e. The third kappa shape index (κ3) is 5.70. The standard InChI is InChI=1S/C13H15ClN2O5/c1-8(17)16(2)6-12(18)15-9-3-4-11(10(14)5-9)21-7-13(19)20/h3-5H,6-7H2,1-2H3,(H,15,18)(H,19,20). The molecule has 0 saturated heterocycles. The number of ether oxygens (including phenoxy) is 1. The van der Waals surface area contributed by atoms with E-state index in [-0.39, 0.29) is 29.1 Å². The van der Waals surface area contributed by atoms with Crippen LogP contribution < -0.4 is 10.1 Å². The Morgan fingerprint density at radius 3 is 2.57 bits per heavy atom. The van der Waals surface area contributed by atoms with Gasteiger partial charge in [0, 0.05) is 19.7 Å². The van der Waals surface area contributed by atoms with Crippen molar-refractivity contribution in [3.63, 3.8) is 0 Å². The molecule has 0 bridgehead atoms. The highest BCUT2D eigenvalue weighted by Crippen LogP contribution is 2.27. The van der Waals surface area contributed by atoms with E-state index >= 15 is 0 Å². The number of rotatable bonds is 6. The van der Waals surface area contributed by atoms with Gasteiger partial charge in [-0.2, -0.15) is 0 Å². The summed E-state index contributed by atoms with van der Waals surface area (Å²) in [6, 6.07) is 4.41. The number of halogens is 1. The van der Waals surface area contributed by atoms with E-state index in [0.717, 1.165) is 0 Å². The second-order valence-corrected chi connectivity index (χ2v) is 4.66. The summed E-state index contributed by atoms with van der Waals surface area (Å²) in [5, 5.41) is 11.3. The van der Waals surface area contributed by atoms with Crippen LogP contribution in [0, 0.1) is 0 Å². The van der Waals surface area contributed by atoms with Gasteiger partial charge in [-0.1, -0.05) is 11.6 Å². The van der Waals surface area contributed by atoms with Gasteiger partial charge < -0.3 is 20.1 Å². The van der Waals surface area contributed by atoms with Gasteiger partial charge in [0.05, 0.1) is 11.6 Å². The molecule has 7 nitrogen and oxygen atoms in total. The zero-order valence-corrected chi connectivity index (χ0v) is 12.3. The minimum absolute atomic E-state index is 0.0791. The largest absolute Gasteiger partial charge is 0.480 e. The molecule has 114 valence electrons. The van der Waals surface area contributed by atoms with Crippen LogP contribution in [0.1, 0.15) is 6.92 Å². The van der Waals surface area contributed by atoms with E-state index in [0.29, 0.717) is 5.69 Å². The highest BCUT2D eigenvalue weighted by Gasteiger charge is 2.11. The molecule has 0 aliphatic heterocycles. The van der Waals surface area contributed by atoms with E-state index in [9.17, 15) is 14.4 Å². The Bertz CT molecular complexity index is 561. The number of amides is 2. The number of aliphatic carboxylic acids is 1. The first-order valence-electron chi connectivity index (χ1n) is 5.95. The summed E-state index contributed by atoms with van der Waals surface area (Å²) in [5.74, 6) is -1.50. The molecule has 0 aliphatic carbocycles. The predicted octanol–water partition coefficient (Wildman–Crippen LogP) is 1.22. The van der Waals surface area contributed by atoms with Gasteiger partial charge in [-0.25, -0.2) is 4.79 Å². The molecule has 0 spiro atoms. The van der Waals surface area contributed by atoms with Crippen LogP contribution in [0.4, 0.5) is 5.69 Å². The summed E-state index contributed by atoms with van der Waals surface area (Å²) in [5.41, 5.74) is 0.421. The molecule has 0 aliphatic rings. The summed E-state index contributed by atoms with van der Waals surface area (Å²) >= 11 is 5.92. The number of anilines is 1. The maximum Gasteiger partial charge on any atom is 0.341 e. The zero-order valence-electron chi connectivity index (χ0n) is 11.6. The van der Waals surface area contributed by atoms with Gasteiger partial charge >= 0.3 is 5.97 Å². The lowest BCUT2D eigenvalue weighted by molar-refractivity contribution is -0.139. The van der Waals surface area contributed by atoms with Crippen molar-refractivity contribution in [3.05, 3.63) is 23.2 Å². The third-order valence-electron chi connectivity index (χ3n) is 2.49. The minimum Gasteiger partial charge on any atom is -0.480 e. The summed E-state index contributed by atoms with van der Waals surface area (Å²) in [7, 11) is 1.51. The number of carbonyl (C=O) groups excluding carboxylic acids is 2. The predicted molar refractivity (Wildman–Crippen MR) is 76.5 cm³/mol. The molecule has 0 aromatic heterocycles. The third-order valence-corrected chi connectivity index (χ3v) is 2.78. The molecular weight excluding hydrogens is 300 g/mol. The number of benzene rings is 1. The van der Waals surface area contributed by atoms with E-state index in [4.69, 9.17) is 21.4 Å². The lowest BCUT2D eigenvalue weighted by atomic mass is 10.3. The van der Waals surface area contributed by atoms with Crippen LogP contribution in [0.5, 0.6) is 5.75 Å². The number of carbonyl (C=O) groups is 3. The summed E-state index contributed by atoms with van der Waals surface area (Å²) in [6.45, 7) is 0.776. The van der Waals surface area contributed by atoms with E-state index in [1.807, 2.05) is 0 Å². The van der Waals surface area contributed by atoms with Crippen molar-refractivity contribution < 1.29 is 24.2 Å². The first-order chi connectivity index (χ1) is 9.79. The van der Waals surface area contributed by atoms with Gasteiger partial charge in [-0.05, 0) is 18.2 Å². The lowest BCUT2D eigenvalue weighted by Gasteiger charge is -2.14. The first-order valence-corrected chi connectivity index (χ1v) is 6.33. The van der Waals surface area contributed by atoms with Crippen LogP contribution in [0.25, 0.3) is 0 Å². The Balaban J connectivity index is 2.65. The minimum atomic E-state index is -1.12. The van der Waals surface area contributed by atoms with E-state index in [1.165, 1.54) is 37.1 Å². The molecule has 2 N–H and O–H groups in total. The molecule has 0 heterocycles. The van der Waals surface area contributed by atoms with Crippen molar-refractivity contribution in [2.24, 2.45) is 0 Å². The summed E-state index contributed by atoms with van der Waals surface area (Å²) < 4.78 is 4.96. The monoisotopic (exact) mass is 314 g/mol. The Morgan fingerprint density at radius 2 is 2.05 bits per heavy atom. The topological polar surface area (TPSA) is 95.9 Å². The van der Waals surface area contributed by atoms with Crippen LogP contribution in [-0.2, 0) is 14.4 Å². The van der Waals surface area contributed by atoms with Gasteiger partial charge in [-0.15, -0.1) is 0 Å². The Hall–Kier alpha value is -2.28. The fourth-order valence-corrected chi connectivity index (χ4v) is 1.60. The second kappa shape index (κ2) is 7.49. The van der Waals surface area contributed by atoms with Gasteiger partial charge in [0.2, 0.25) is 11.8 Å². The molecule has 0 saturated carbocycles. The van der Waals surface area contributed by atoms with Crippen molar-refractivity contribution >= 4 is 35.1 Å². The second-order valence-electron chi connectivity index (χ2n) is 4.25. The van der Waals surface area contributed by atoms with Gasteiger partial charge in [0.25, 0.3) is 0 Å². The van der Waals surface area contributed by atoms with Crippen LogP contribution in [0.2, 0.25) is 5.02 Å². The molecule has 0 unspecified atom stereocenters. The van der Waals surface area contributed by atoms with Crippen LogP contribution in [0.15, 0.2) is 18.2 Å². The maximum atomic E-state index is 11.7. The van der Waals surface area contributed by atoms with Crippen molar-refractivity contribution in [1.29, 1.82) is 0 Å². The number of carboxylic acid groups (broad SMARTS) is 1. The molecule has 21 heavy (non-hydrogen) atoms. The molecule has 1 aromatic rings. The van der Waals surface area contributed by atoms with Gasteiger partial charge in [-0.3, -0.25) is 9.59 Å². The van der Waals surface area contributed by atoms with Crippen LogP contribution in [0.3, 0.4) is 0 Å². The maximum absolute atomic E-state index is 11.7. The molecule has 8 heteroatoms. The molecule has 2 amide bonds. The average Bonchev–Trinajstić information content (AvgIpc) is 2.37. The summed E-state index contributed by atoms with van der Waals surface area (Å²) in [6.07, 6.45) is 0. The lowest BCUT2D eigenvalue weighted by Crippen LogP contribution is -2.33. The van der Waals surface area contributed by atoms with Crippen molar-refractivity contribution in [2.75, 3.05) is 25.5 Å². The Labute approximate surface area is 126 Å². The fourth-order valence-electron chi connectivity index (χ4n) is 1.36. The van der Waals surface area contributed by atoms with Crippen molar-refractivity contribution in [1.82, 2.24) is 4.90 Å². The number of hydrogen-bond donors (Lipinski definition) is 2. The Morgan fingerprint density at radius 1 is 1.38 bits per heavy atom. The van der Waals surface area contributed by atoms with E-state index < -0.39 is 12.6 Å². The normalized spacial score (nSPS) is 9.86. The van der Waals surface area contributed by atoms with Gasteiger partial charge in [0.15, 0.2) is 6.61 Å². The van der Waals surface area contributed by atoms with Crippen molar-refractivity contribution in [3.8, 4) is 5.75 Å². The molecule has 1 aromatic carbocycles. The number of likely N-dealkylation sites (N-methyl/N-ethyl adjacent to an activating group) is 1. The molecule has 1 rings (SSSR count). The molecule has 0 fully saturated rings. The molecular formula is C13H15ClN2O5. The quantitative estimate of drug-likeness (QED) is 0.823. The molecule has 0 atom stereocenters. The summed E-state index contributed by atoms with van der Waals surface area (Å²) in [4.78, 5) is 34.4. The van der Waals surface area contributed by atoms with Crippen molar-refractivity contribution in [2.45, 2.75) is 6.92 Å². The SMILES string of the molecule is CC(=O)N(C)CC(=O)Nc1ccc(OCC(=O)O)c(Cl)c1. The zero-order chi connectivity index (χ0) is 16.0. The van der Waals surface area contributed by atoms with Crippen LogP contribution >= 0.6 is 11.6 Å². The number of nitrogens with zero attached hydrogens (tertiary/aromatic N) is 1. The van der Waals surface area contributed by atoms with Gasteiger partial charge in [0.1, 0.15) is 5.75 Å². The average molecular weight is 315 g/mol. The number of hydrogen-bond acceptors (Lipinski definition) is 4. The van der Waals surface area contributed by atoms with E-state index in [2.05, 4.69) is 5.32 Å². The Kier molecular flexibility index (Phi) is 5.98.